The van der Waals surface area contributed by atoms with E-state index in [0.29, 0.717) is 89.7 Å². The van der Waals surface area contributed by atoms with Gasteiger partial charge in [0.2, 0.25) is 0 Å². The molecule has 0 aliphatic carbocycles. The summed E-state index contributed by atoms with van der Waals surface area (Å²) >= 11 is 43.6. The van der Waals surface area contributed by atoms with Crippen molar-refractivity contribution < 1.29 is 17.4 Å². The van der Waals surface area contributed by atoms with Crippen molar-refractivity contribution in [1.82, 2.24) is 9.97 Å². The molecular weight excluding hydrogens is 1710 g/mol. The molecule has 3 aromatic rings. The first kappa shape index (κ1) is 74.5. The number of aromatic nitrogens is 2. The predicted octanol–water partition coefficient (Wildman–Crippen LogP) is 17.6. The van der Waals surface area contributed by atoms with E-state index in [1.54, 1.807) is 93.5 Å². The number of nitrogens with zero attached hydrogens (tertiary/aromatic N) is 7. The van der Waals surface area contributed by atoms with Gasteiger partial charge in [-0.15, -0.1) is 0 Å². The van der Waals surface area contributed by atoms with Crippen LogP contribution in [0.3, 0.4) is 0 Å². The summed E-state index contributed by atoms with van der Waals surface area (Å²) in [6.07, 6.45) is 3.60. The monoisotopic (exact) mass is 1760 g/mol. The fourth-order valence-corrected chi connectivity index (χ4v) is 47.1. The predicted molar refractivity (Wildman–Crippen MR) is 384 cm³/mol. The van der Waals surface area contributed by atoms with E-state index in [2.05, 4.69) is 266 Å². The quantitative estimate of drug-likeness (QED) is 0.0912. The number of pyridine rings is 2. The molecule has 0 spiro atoms. The van der Waals surface area contributed by atoms with E-state index in [-0.39, 0.29) is 17.4 Å². The number of thiocarbonyl (C=S) groups is 4. The van der Waals surface area contributed by atoms with Crippen molar-refractivity contribution in [1.29, 1.82) is 5.26 Å². The average molecular weight is 1750 g/mol. The molecule has 0 saturated carbocycles. The number of isothiocyanates is 4. The number of allylic oxidation sites excluding steroid dienone is 6. The number of nitriles is 1. The molecule has 0 amide bonds. The second kappa shape index (κ2) is 42.2. The van der Waals surface area contributed by atoms with Crippen LogP contribution in [0.15, 0.2) is 124 Å². The van der Waals surface area contributed by atoms with Gasteiger partial charge >= 0.3 is 399 Å². The van der Waals surface area contributed by atoms with E-state index in [0.717, 1.165) is 21.8 Å². The SMILES string of the molecule is CC#N.CC1=C(C)[Se]C(=C2SC3=C(SCCS3)S2)[Se]1.CC1=C(C)[Se]C(=C2SC3=C(SCCS3)S2)[Se]1.CC1=C(C)[Se]C(=C2SC3=C(SCCS3)S2)[Se]1.[Cr+4].[N-]=C=S.[N-]=C=S.[N-]=C=S.[N-]=C=S.c1cnc2c(c1)ccc1cccnc12. The Bertz CT molecular complexity index is 2760. The van der Waals surface area contributed by atoms with Gasteiger partial charge in [-0.25, -0.2) is 0 Å². The summed E-state index contributed by atoms with van der Waals surface area (Å²) in [5, 5.41) is 43.5. The number of hydrogen-bond acceptors (Lipinski definition) is 19. The van der Waals surface area contributed by atoms with Crippen LogP contribution < -0.4 is 0 Å². The third-order valence-corrected chi connectivity index (χ3v) is 50.0. The smallest absolute Gasteiger partial charge is 0.753 e. The van der Waals surface area contributed by atoms with Crippen LogP contribution in [0.5, 0.6) is 0 Å². The van der Waals surface area contributed by atoms with Gasteiger partial charge < -0.3 is 21.6 Å². The van der Waals surface area contributed by atoms with Gasteiger partial charge in [0.1, 0.15) is 0 Å². The molecule has 9 aliphatic rings. The third kappa shape index (κ3) is 24.4. The van der Waals surface area contributed by atoms with Crippen molar-refractivity contribution in [3.05, 3.63) is 146 Å². The van der Waals surface area contributed by atoms with E-state index < -0.39 is 0 Å². The van der Waals surface area contributed by atoms with Crippen LogP contribution in [0.2, 0.25) is 0 Å². The van der Waals surface area contributed by atoms with E-state index in [1.165, 1.54) is 62.1 Å². The topological polar surface area (TPSA) is 139 Å². The number of thioether (sulfide) groups is 12. The molecule has 78 heavy (non-hydrogen) atoms. The van der Waals surface area contributed by atoms with Crippen molar-refractivity contribution >= 4 is 322 Å². The Morgan fingerprint density at radius 1 is 0.410 bits per heavy atom. The van der Waals surface area contributed by atoms with E-state index >= 15 is 0 Å². The fourth-order valence-electron chi connectivity index (χ4n) is 5.66. The van der Waals surface area contributed by atoms with Crippen LogP contribution in [0.1, 0.15) is 48.5 Å². The molecule has 0 fully saturated rings. The Morgan fingerprint density at radius 2 is 0.603 bits per heavy atom. The first-order valence-electron chi connectivity index (χ1n) is 21.6. The largest absolute Gasteiger partial charge is 4.00 e. The van der Waals surface area contributed by atoms with Crippen LogP contribution in [0.4, 0.5) is 0 Å². The minimum absolute atomic E-state index is 0. The number of benzene rings is 1. The Kier molecular flexibility index (Phi) is 40.3. The minimum Gasteiger partial charge on any atom is -0.753 e. The first-order chi connectivity index (χ1) is 37.2. The number of fused-ring (bicyclic) bond motifs is 3. The van der Waals surface area contributed by atoms with Crippen LogP contribution >= 0.6 is 190 Å². The van der Waals surface area contributed by atoms with Gasteiger partial charge in [0.15, 0.2) is 0 Å². The molecule has 1 aromatic carbocycles. The molecule has 0 bridgehead atoms. The molecule has 0 saturated heterocycles. The summed E-state index contributed by atoms with van der Waals surface area (Å²) < 4.78 is 30.0. The molecule has 9 aliphatic heterocycles. The molecular formula is C48H41CrN7S16Se6. The zero-order valence-corrected chi connectivity index (χ0v) is 66.5. The third-order valence-electron chi connectivity index (χ3n) is 9.07. The van der Waals surface area contributed by atoms with Crippen molar-refractivity contribution in [3.63, 3.8) is 0 Å². The summed E-state index contributed by atoms with van der Waals surface area (Å²) in [6.45, 7) is 15.4. The molecule has 2 aromatic heterocycles. The van der Waals surface area contributed by atoms with Gasteiger partial charge in [0.25, 0.3) is 0 Å². The van der Waals surface area contributed by atoms with Crippen molar-refractivity contribution in [2.45, 2.75) is 48.5 Å². The molecule has 0 unspecified atom stereocenters. The van der Waals surface area contributed by atoms with Gasteiger partial charge in [-0.1, -0.05) is 73.1 Å². The van der Waals surface area contributed by atoms with Crippen LogP contribution in [-0.4, -0.2) is 155 Å². The minimum atomic E-state index is 0. The van der Waals surface area contributed by atoms with E-state index in [1.807, 2.05) is 12.1 Å². The summed E-state index contributed by atoms with van der Waals surface area (Å²) in [6, 6.07) is 13.9. The molecule has 0 radical (unpaired) electrons. The second-order valence-corrected chi connectivity index (χ2v) is 49.1. The molecule has 30 heteroatoms. The van der Waals surface area contributed by atoms with E-state index in [9.17, 15) is 0 Å². The normalized spacial score (nSPS) is 18.4. The number of hydrogen-bond donors (Lipinski definition) is 0. The van der Waals surface area contributed by atoms with Gasteiger partial charge in [-0.3, -0.25) is 9.97 Å². The summed E-state index contributed by atoms with van der Waals surface area (Å²) in [5.74, 6) is 7.79. The molecule has 7 nitrogen and oxygen atoms in total. The van der Waals surface area contributed by atoms with Gasteiger partial charge in [0.05, 0.1) is 17.1 Å². The molecule has 0 N–H and O–H groups in total. The van der Waals surface area contributed by atoms with Gasteiger partial charge in [0, 0.05) is 30.1 Å². The summed E-state index contributed by atoms with van der Waals surface area (Å²) in [5.41, 5.74) is 1.95. The van der Waals surface area contributed by atoms with Crippen LogP contribution in [0.25, 0.3) is 43.4 Å². The van der Waals surface area contributed by atoms with Crippen molar-refractivity contribution in [2.75, 3.05) is 34.5 Å². The maximum absolute atomic E-state index is 7.32. The average Bonchev–Trinajstić information content (AvgIpc) is 4.33. The van der Waals surface area contributed by atoms with Crippen molar-refractivity contribution in [2.24, 2.45) is 0 Å². The van der Waals surface area contributed by atoms with Gasteiger partial charge in [-0.2, -0.15) is 25.9 Å². The zero-order chi connectivity index (χ0) is 56.3. The molecule has 406 valence electrons. The Hall–Kier alpha value is 2.24. The number of rotatable bonds is 0. The maximum Gasteiger partial charge on any atom is 4.00 e. The van der Waals surface area contributed by atoms with Crippen LogP contribution in [0, 0.1) is 11.3 Å². The van der Waals surface area contributed by atoms with Gasteiger partial charge in [-0.05, 0) is 12.1 Å². The van der Waals surface area contributed by atoms with E-state index in [4.69, 9.17) is 26.9 Å². The Labute approximate surface area is 580 Å². The Morgan fingerprint density at radius 3 is 0.795 bits per heavy atom. The molecule has 12 rings (SSSR count). The first-order valence-corrected chi connectivity index (χ1v) is 44.3. The maximum atomic E-state index is 7.32. The second-order valence-electron chi connectivity index (χ2n) is 13.9. The van der Waals surface area contributed by atoms with Crippen LogP contribution in [-0.2, 0) is 17.4 Å². The Balaban J connectivity index is 0.000000251. The zero-order valence-electron chi connectivity index (χ0n) is 41.9. The standard InChI is InChI=1S/C12H8N2.3C10H10S4Se2.C2H3N.4CNS.Cr/c1-3-9-5-6-10-4-2-8-14-12(10)11(9)13-7-1;3*1-5-6(2)16-10(15-5)9-13-7-8(14-9)12-4-3-11-7;1-2-3;4*2-1-3;/h1-8H;3*3-4H2,1-2H3;1H3;;;;;/q;;;;;4*-1;+4. The summed E-state index contributed by atoms with van der Waals surface area (Å²) in [7, 11) is 0. The molecule has 0 atom stereocenters. The fraction of sp³-hybridized carbons (Fsp3) is 0.271. The summed E-state index contributed by atoms with van der Waals surface area (Å²) in [4.78, 5) is 8.69. The molecule has 11 heterocycles. The van der Waals surface area contributed by atoms with Crippen molar-refractivity contribution in [3.8, 4) is 6.07 Å².